The number of nitrogens with zero attached hydrogens (tertiary/aromatic N) is 1. The highest BCUT2D eigenvalue weighted by atomic mass is 16.8. The first-order chi connectivity index (χ1) is 23.5. The Morgan fingerprint density at radius 2 is 1.52 bits per heavy atom. The zero-order valence-corrected chi connectivity index (χ0v) is 27.5. The number of carbonyl (C=O) groups is 2. The average molecular weight is 719 g/mol. The van der Waals surface area contributed by atoms with E-state index < -0.39 is 128 Å². The van der Waals surface area contributed by atoms with Crippen molar-refractivity contribution in [2.45, 2.75) is 126 Å². The van der Waals surface area contributed by atoms with Crippen LogP contribution < -0.4 is 21.9 Å². The third-order valence-electron chi connectivity index (χ3n) is 8.66. The van der Waals surface area contributed by atoms with Crippen LogP contribution in [0, 0.1) is 5.92 Å². The predicted octanol–water partition coefficient (Wildman–Crippen LogP) is -5.60. The van der Waals surface area contributed by atoms with Crippen molar-refractivity contribution < 1.29 is 69.4 Å². The van der Waals surface area contributed by atoms with Crippen LogP contribution in [-0.4, -0.2) is 155 Å². The largest absolute Gasteiger partial charge is 0.394 e. The number of hydrogen-bond acceptors (Lipinski definition) is 16. The van der Waals surface area contributed by atoms with Gasteiger partial charge >= 0.3 is 5.69 Å². The van der Waals surface area contributed by atoms with Crippen LogP contribution >= 0.6 is 0 Å². The second-order valence-electron chi connectivity index (χ2n) is 13.0. The molecule has 0 spiro atoms. The SMILES string of the molecule is CC(=O)NC1C(O)[C@@H](O)C(CO)O[C@H]1OC1O[C@H](C[C@@H](O)[C@H]2O[C@@H](n3ccc(=O)[nH]c3=O)C(O)C2O)C(O)C(O)[C@@H]1NC(=O)/C=C/CC(C)C. The number of aliphatic hydroxyl groups excluding tert-OH is 8. The Morgan fingerprint density at radius 1 is 0.920 bits per heavy atom. The minimum absolute atomic E-state index is 0.222. The highest BCUT2D eigenvalue weighted by molar-refractivity contribution is 5.87. The zero-order valence-electron chi connectivity index (χ0n) is 27.5. The maximum Gasteiger partial charge on any atom is 0.330 e. The topological polar surface area (TPSA) is 312 Å². The van der Waals surface area contributed by atoms with Gasteiger partial charge in [-0.05, 0) is 18.4 Å². The molecule has 0 aromatic carbocycles. The molecule has 15 atom stereocenters. The van der Waals surface area contributed by atoms with Gasteiger partial charge in [0.1, 0.15) is 60.9 Å². The van der Waals surface area contributed by atoms with E-state index >= 15 is 0 Å². The van der Waals surface area contributed by atoms with E-state index in [0.717, 1.165) is 23.8 Å². The predicted molar refractivity (Wildman–Crippen MR) is 166 cm³/mol. The third kappa shape index (κ3) is 9.02. The van der Waals surface area contributed by atoms with Gasteiger partial charge in [0.05, 0.1) is 18.8 Å². The van der Waals surface area contributed by atoms with Crippen LogP contribution in [0.25, 0.3) is 0 Å². The Balaban J connectivity index is 1.58. The van der Waals surface area contributed by atoms with Crippen molar-refractivity contribution in [3.63, 3.8) is 0 Å². The number of carbonyl (C=O) groups excluding carboxylic acids is 2. The minimum atomic E-state index is -1.85. The number of aromatic amines is 1. The molecule has 4 rings (SSSR count). The van der Waals surface area contributed by atoms with Gasteiger partial charge in [-0.3, -0.25) is 23.9 Å². The van der Waals surface area contributed by atoms with Gasteiger partial charge in [-0.25, -0.2) is 4.79 Å². The van der Waals surface area contributed by atoms with Crippen LogP contribution in [0.2, 0.25) is 0 Å². The van der Waals surface area contributed by atoms with Crippen LogP contribution in [0.1, 0.15) is 39.8 Å². The van der Waals surface area contributed by atoms with E-state index in [1.807, 2.05) is 18.8 Å². The van der Waals surface area contributed by atoms with E-state index in [4.69, 9.17) is 18.9 Å². The smallest absolute Gasteiger partial charge is 0.330 e. The highest BCUT2D eigenvalue weighted by Crippen LogP contribution is 2.34. The molecule has 1 aromatic heterocycles. The molecule has 0 radical (unpaired) electrons. The molecule has 8 unspecified atom stereocenters. The number of aliphatic hydroxyl groups is 8. The van der Waals surface area contributed by atoms with Gasteiger partial charge in [0.15, 0.2) is 18.8 Å². The lowest BCUT2D eigenvalue weighted by Gasteiger charge is -2.47. The summed E-state index contributed by atoms with van der Waals surface area (Å²) in [5, 5.41) is 90.4. The quantitative estimate of drug-likeness (QED) is 0.0898. The van der Waals surface area contributed by atoms with Crippen LogP contribution in [0.3, 0.4) is 0 Å². The van der Waals surface area contributed by atoms with Gasteiger partial charge in [-0.1, -0.05) is 19.9 Å². The molecule has 1 aromatic rings. The van der Waals surface area contributed by atoms with Crippen molar-refractivity contribution in [3.05, 3.63) is 45.3 Å². The molecule has 20 nitrogen and oxygen atoms in total. The Bertz CT molecular complexity index is 1450. The van der Waals surface area contributed by atoms with Gasteiger partial charge in [-0.15, -0.1) is 0 Å². The lowest BCUT2D eigenvalue weighted by Crippen LogP contribution is -2.68. The van der Waals surface area contributed by atoms with E-state index in [1.165, 1.54) is 6.08 Å². The van der Waals surface area contributed by atoms with E-state index in [0.29, 0.717) is 6.42 Å². The van der Waals surface area contributed by atoms with Gasteiger partial charge < -0.3 is 70.4 Å². The zero-order chi connectivity index (χ0) is 37.0. The number of amides is 2. The molecule has 0 bridgehead atoms. The van der Waals surface area contributed by atoms with Crippen LogP contribution in [0.15, 0.2) is 34.0 Å². The Kier molecular flexibility index (Phi) is 13.4. The summed E-state index contributed by atoms with van der Waals surface area (Å²) in [4.78, 5) is 50.5. The minimum Gasteiger partial charge on any atom is -0.394 e. The molecule has 50 heavy (non-hydrogen) atoms. The molecule has 282 valence electrons. The summed E-state index contributed by atoms with van der Waals surface area (Å²) in [7, 11) is 0. The van der Waals surface area contributed by atoms with E-state index in [1.54, 1.807) is 6.08 Å². The molecule has 0 aliphatic carbocycles. The molecule has 20 heteroatoms. The number of ether oxygens (including phenoxy) is 4. The second kappa shape index (κ2) is 16.9. The molecule has 3 aliphatic rings. The summed E-state index contributed by atoms with van der Waals surface area (Å²) in [5.74, 6) is -1.16. The van der Waals surface area contributed by atoms with Crippen molar-refractivity contribution in [1.82, 2.24) is 20.2 Å². The fraction of sp³-hybridized carbons (Fsp3) is 0.733. The van der Waals surface area contributed by atoms with Crippen LogP contribution in [0.5, 0.6) is 0 Å². The molecule has 3 fully saturated rings. The molecular formula is C30H46N4O16. The van der Waals surface area contributed by atoms with E-state index in [-0.39, 0.29) is 5.92 Å². The van der Waals surface area contributed by atoms with Crippen molar-refractivity contribution in [1.29, 1.82) is 0 Å². The number of rotatable bonds is 12. The standard InChI is InChI=1S/C30H46N4O16/c1-11(2)5-4-6-16(38)32-19-23(43)20(40)14(47-29(19)50-28-18(31-12(3)36)22(42)21(41)15(10-35)48-28)9-13(37)26-24(44)25(45)27(49-26)34-8-7-17(39)33-30(34)46/h4,6-8,11,13-15,18-29,35,37,40-45H,5,9-10H2,1-3H3,(H,31,36)(H,32,38)(H,33,39,46)/b6-4+/t13-,14-,15?,18?,19+,20?,21+,22?,23?,24?,25?,26-,27-,28+,29?/m1/s1. The fourth-order valence-corrected chi connectivity index (χ4v) is 6.01. The first kappa shape index (κ1) is 39.7. The maximum absolute atomic E-state index is 12.8. The molecule has 2 amide bonds. The van der Waals surface area contributed by atoms with Crippen molar-refractivity contribution in [2.75, 3.05) is 6.61 Å². The van der Waals surface area contributed by atoms with Gasteiger partial charge in [-0.2, -0.15) is 0 Å². The van der Waals surface area contributed by atoms with Gasteiger partial charge in [0.25, 0.3) is 5.56 Å². The molecule has 3 saturated heterocycles. The number of nitrogens with one attached hydrogen (secondary N) is 3. The van der Waals surface area contributed by atoms with Crippen molar-refractivity contribution in [3.8, 4) is 0 Å². The first-order valence-electron chi connectivity index (χ1n) is 16.1. The van der Waals surface area contributed by atoms with E-state index in [2.05, 4.69) is 10.6 Å². The first-order valence-corrected chi connectivity index (χ1v) is 16.1. The normalized spacial score (nSPS) is 38.3. The molecule has 3 aliphatic heterocycles. The number of hydrogen-bond donors (Lipinski definition) is 11. The van der Waals surface area contributed by atoms with Crippen LogP contribution in [0.4, 0.5) is 0 Å². The maximum atomic E-state index is 12.8. The second-order valence-corrected chi connectivity index (χ2v) is 13.0. The number of aromatic nitrogens is 2. The third-order valence-corrected chi connectivity index (χ3v) is 8.66. The Morgan fingerprint density at radius 3 is 2.10 bits per heavy atom. The lowest BCUT2D eigenvalue weighted by atomic mass is 9.91. The number of allylic oxidation sites excluding steroid dienone is 1. The fourth-order valence-electron chi connectivity index (χ4n) is 6.01. The summed E-state index contributed by atoms with van der Waals surface area (Å²) in [6.07, 6.45) is -18.1. The summed E-state index contributed by atoms with van der Waals surface area (Å²) in [6, 6.07) is -2.02. The highest BCUT2D eigenvalue weighted by Gasteiger charge is 2.53. The van der Waals surface area contributed by atoms with Gasteiger partial charge in [0, 0.05) is 25.6 Å². The Labute approximate surface area is 284 Å². The molecular weight excluding hydrogens is 672 g/mol. The molecule has 0 saturated carbocycles. The summed E-state index contributed by atoms with van der Waals surface area (Å²) >= 11 is 0. The van der Waals surface area contributed by atoms with Crippen LogP contribution in [-0.2, 0) is 28.5 Å². The summed E-state index contributed by atoms with van der Waals surface area (Å²) in [6.45, 7) is 4.19. The van der Waals surface area contributed by atoms with E-state index in [9.17, 15) is 60.0 Å². The Hall–Kier alpha value is -3.12. The van der Waals surface area contributed by atoms with Crippen molar-refractivity contribution in [2.24, 2.45) is 5.92 Å². The summed E-state index contributed by atoms with van der Waals surface area (Å²) in [5.41, 5.74) is -1.69. The summed E-state index contributed by atoms with van der Waals surface area (Å²) < 4.78 is 23.8. The average Bonchev–Trinajstić information content (AvgIpc) is 3.34. The molecule has 11 N–H and O–H groups in total. The van der Waals surface area contributed by atoms with Crippen molar-refractivity contribution >= 4 is 11.8 Å². The number of H-pyrrole nitrogens is 1. The lowest BCUT2D eigenvalue weighted by molar-refractivity contribution is -0.346. The monoisotopic (exact) mass is 718 g/mol. The molecule has 4 heterocycles. The van der Waals surface area contributed by atoms with Gasteiger partial charge in [0.2, 0.25) is 11.8 Å².